The number of allylic oxidation sites excluding steroid dienone is 4. The summed E-state index contributed by atoms with van der Waals surface area (Å²) in [6.45, 7) is 2.10. The summed E-state index contributed by atoms with van der Waals surface area (Å²) in [4.78, 5) is 2.10. The Labute approximate surface area is 133 Å². The van der Waals surface area contributed by atoms with Gasteiger partial charge in [-0.2, -0.15) is 0 Å². The lowest BCUT2D eigenvalue weighted by atomic mass is 10.1. The topological polar surface area (TPSA) is 3.24 Å². The zero-order valence-corrected chi connectivity index (χ0v) is 13.5. The van der Waals surface area contributed by atoms with Gasteiger partial charge in [-0.15, -0.1) is 0 Å². The Balaban J connectivity index is 1.87. The number of hydrogen-bond acceptors (Lipinski definition) is 1. The standard InChI is InChI=1S/C21H23N/c1-18-10-12-19(13-11-18)8-6-4-5-7-9-20-14-16-21(17-15-20)22(2)3/h4-17H,1-3H3/b5-4+,8-6+,9-7+. The fraction of sp³-hybridized carbons (Fsp3) is 0.143. The first-order chi connectivity index (χ1) is 10.6. The van der Waals surface area contributed by atoms with Gasteiger partial charge in [0.15, 0.2) is 0 Å². The lowest BCUT2D eigenvalue weighted by Crippen LogP contribution is -2.07. The lowest BCUT2D eigenvalue weighted by Gasteiger charge is -2.11. The maximum atomic E-state index is 2.13. The minimum atomic E-state index is 1.21. The maximum Gasteiger partial charge on any atom is 0.0361 e. The zero-order chi connectivity index (χ0) is 15.8. The Hall–Kier alpha value is -2.54. The highest BCUT2D eigenvalue weighted by atomic mass is 15.1. The van der Waals surface area contributed by atoms with E-state index in [-0.39, 0.29) is 0 Å². The molecule has 112 valence electrons. The summed E-state index contributed by atoms with van der Waals surface area (Å²) in [5.74, 6) is 0. The van der Waals surface area contributed by atoms with E-state index in [1.165, 1.54) is 22.4 Å². The molecule has 0 unspecified atom stereocenters. The fourth-order valence-corrected chi connectivity index (χ4v) is 2.02. The van der Waals surface area contributed by atoms with Crippen molar-refractivity contribution >= 4 is 17.8 Å². The van der Waals surface area contributed by atoms with Crippen LogP contribution in [0.15, 0.2) is 72.8 Å². The van der Waals surface area contributed by atoms with Crippen LogP contribution < -0.4 is 4.90 Å². The highest BCUT2D eigenvalue weighted by Crippen LogP contribution is 2.13. The summed E-state index contributed by atoms with van der Waals surface area (Å²) in [5, 5.41) is 0. The van der Waals surface area contributed by atoms with Gasteiger partial charge in [0.1, 0.15) is 0 Å². The van der Waals surface area contributed by atoms with Gasteiger partial charge in [-0.1, -0.05) is 78.4 Å². The van der Waals surface area contributed by atoms with Crippen LogP contribution in [0.3, 0.4) is 0 Å². The molecule has 2 aromatic rings. The van der Waals surface area contributed by atoms with E-state index >= 15 is 0 Å². The van der Waals surface area contributed by atoms with E-state index in [4.69, 9.17) is 0 Å². The normalized spacial score (nSPS) is 11.8. The van der Waals surface area contributed by atoms with Crippen molar-refractivity contribution in [1.82, 2.24) is 0 Å². The quantitative estimate of drug-likeness (QED) is 0.671. The molecule has 0 saturated heterocycles. The molecule has 2 aromatic carbocycles. The smallest absolute Gasteiger partial charge is 0.0361 e. The van der Waals surface area contributed by atoms with Crippen LogP contribution in [0.1, 0.15) is 16.7 Å². The Morgan fingerprint density at radius 3 is 1.55 bits per heavy atom. The molecule has 0 saturated carbocycles. The summed E-state index contributed by atoms with van der Waals surface area (Å²) in [6.07, 6.45) is 12.4. The average Bonchev–Trinajstić information content (AvgIpc) is 2.53. The van der Waals surface area contributed by atoms with Crippen molar-refractivity contribution in [2.75, 3.05) is 19.0 Å². The summed E-state index contributed by atoms with van der Waals surface area (Å²) in [7, 11) is 4.10. The number of anilines is 1. The molecule has 2 rings (SSSR count). The molecule has 0 N–H and O–H groups in total. The van der Waals surface area contributed by atoms with Crippen molar-refractivity contribution in [3.63, 3.8) is 0 Å². The van der Waals surface area contributed by atoms with E-state index in [0.717, 1.165) is 0 Å². The SMILES string of the molecule is Cc1ccc(/C=C/C=C/C=C/c2ccc(N(C)C)cc2)cc1. The molecule has 0 aromatic heterocycles. The van der Waals surface area contributed by atoms with Crippen LogP contribution in [0.25, 0.3) is 12.2 Å². The highest BCUT2D eigenvalue weighted by Gasteiger charge is 1.92. The van der Waals surface area contributed by atoms with Gasteiger partial charge in [0.05, 0.1) is 0 Å². The number of benzene rings is 2. The van der Waals surface area contributed by atoms with Crippen LogP contribution in [0.5, 0.6) is 0 Å². The van der Waals surface area contributed by atoms with Gasteiger partial charge in [0, 0.05) is 19.8 Å². The minimum absolute atomic E-state index is 1.21. The summed E-state index contributed by atoms with van der Waals surface area (Å²) < 4.78 is 0. The van der Waals surface area contributed by atoms with E-state index in [1.54, 1.807) is 0 Å². The first-order valence-corrected chi connectivity index (χ1v) is 7.50. The second-order valence-electron chi connectivity index (χ2n) is 5.50. The van der Waals surface area contributed by atoms with E-state index in [0.29, 0.717) is 0 Å². The third kappa shape index (κ3) is 5.10. The zero-order valence-electron chi connectivity index (χ0n) is 13.5. The van der Waals surface area contributed by atoms with Crippen molar-refractivity contribution < 1.29 is 0 Å². The molecule has 0 fully saturated rings. The molecule has 0 bridgehead atoms. The molecular weight excluding hydrogens is 266 g/mol. The predicted octanol–water partition coefficient (Wildman–Crippen LogP) is 5.34. The van der Waals surface area contributed by atoms with Crippen LogP contribution in [0.4, 0.5) is 5.69 Å². The Morgan fingerprint density at radius 2 is 1.09 bits per heavy atom. The average molecular weight is 289 g/mol. The maximum absolute atomic E-state index is 2.13. The molecular formula is C21H23N. The minimum Gasteiger partial charge on any atom is -0.378 e. The van der Waals surface area contributed by atoms with Crippen LogP contribution >= 0.6 is 0 Å². The second-order valence-corrected chi connectivity index (χ2v) is 5.50. The molecule has 0 aliphatic rings. The van der Waals surface area contributed by atoms with Gasteiger partial charge < -0.3 is 4.90 Å². The van der Waals surface area contributed by atoms with E-state index in [2.05, 4.69) is 84.7 Å². The van der Waals surface area contributed by atoms with Gasteiger partial charge in [0.25, 0.3) is 0 Å². The van der Waals surface area contributed by atoms with Crippen LogP contribution in [0.2, 0.25) is 0 Å². The van der Waals surface area contributed by atoms with Crippen LogP contribution in [0, 0.1) is 6.92 Å². The summed E-state index contributed by atoms with van der Waals surface area (Å²) in [5.41, 5.74) is 4.93. The molecule has 22 heavy (non-hydrogen) atoms. The lowest BCUT2D eigenvalue weighted by molar-refractivity contribution is 1.13. The molecule has 0 amide bonds. The van der Waals surface area contributed by atoms with Crippen molar-refractivity contribution in [3.8, 4) is 0 Å². The van der Waals surface area contributed by atoms with Crippen LogP contribution in [-0.4, -0.2) is 14.1 Å². The van der Waals surface area contributed by atoms with Gasteiger partial charge in [0.2, 0.25) is 0 Å². The predicted molar refractivity (Wildman–Crippen MR) is 99.2 cm³/mol. The Kier molecular flexibility index (Phi) is 5.79. The summed E-state index contributed by atoms with van der Waals surface area (Å²) >= 11 is 0. The van der Waals surface area contributed by atoms with Crippen molar-refractivity contribution in [2.45, 2.75) is 6.92 Å². The molecule has 0 radical (unpaired) electrons. The van der Waals surface area contributed by atoms with Gasteiger partial charge in [-0.3, -0.25) is 0 Å². The number of hydrogen-bond donors (Lipinski definition) is 0. The highest BCUT2D eigenvalue weighted by molar-refractivity contribution is 5.57. The first kappa shape index (κ1) is 15.8. The van der Waals surface area contributed by atoms with E-state index < -0.39 is 0 Å². The number of aryl methyl sites for hydroxylation is 1. The third-order valence-electron chi connectivity index (χ3n) is 3.40. The Bertz CT molecular complexity index is 656. The Morgan fingerprint density at radius 1 is 0.636 bits per heavy atom. The van der Waals surface area contributed by atoms with Crippen molar-refractivity contribution in [3.05, 3.63) is 89.5 Å². The number of nitrogens with zero attached hydrogens (tertiary/aromatic N) is 1. The second kappa shape index (κ2) is 8.04. The van der Waals surface area contributed by atoms with Gasteiger partial charge >= 0.3 is 0 Å². The molecule has 0 aliphatic heterocycles. The van der Waals surface area contributed by atoms with Crippen molar-refractivity contribution in [1.29, 1.82) is 0 Å². The molecule has 0 heterocycles. The molecule has 1 heteroatoms. The van der Waals surface area contributed by atoms with Gasteiger partial charge in [-0.05, 0) is 30.2 Å². The van der Waals surface area contributed by atoms with Gasteiger partial charge in [-0.25, -0.2) is 0 Å². The van der Waals surface area contributed by atoms with Crippen molar-refractivity contribution in [2.24, 2.45) is 0 Å². The molecule has 0 atom stereocenters. The largest absolute Gasteiger partial charge is 0.378 e. The number of rotatable bonds is 5. The van der Waals surface area contributed by atoms with E-state index in [1.807, 2.05) is 26.2 Å². The molecule has 0 spiro atoms. The van der Waals surface area contributed by atoms with Crippen LogP contribution in [-0.2, 0) is 0 Å². The fourth-order valence-electron chi connectivity index (χ4n) is 2.02. The van der Waals surface area contributed by atoms with E-state index in [9.17, 15) is 0 Å². The third-order valence-corrected chi connectivity index (χ3v) is 3.40. The monoisotopic (exact) mass is 289 g/mol. The molecule has 1 nitrogen and oxygen atoms in total. The summed E-state index contributed by atoms with van der Waals surface area (Å²) in [6, 6.07) is 17.0. The molecule has 0 aliphatic carbocycles. The first-order valence-electron chi connectivity index (χ1n) is 7.50.